The number of pyridine rings is 1. The van der Waals surface area contributed by atoms with Crippen LogP contribution in [-0.4, -0.2) is 39.2 Å². The molecule has 2 aromatic heterocycles. The molecule has 2 aliphatic heterocycles. The summed E-state index contributed by atoms with van der Waals surface area (Å²) in [6.45, 7) is 2.46. The first-order chi connectivity index (χ1) is 16.0. The van der Waals surface area contributed by atoms with Gasteiger partial charge in [0.25, 0.3) is 0 Å². The van der Waals surface area contributed by atoms with Gasteiger partial charge >= 0.3 is 0 Å². The van der Waals surface area contributed by atoms with Crippen molar-refractivity contribution in [1.29, 1.82) is 0 Å². The second kappa shape index (κ2) is 7.67. The fourth-order valence-electron chi connectivity index (χ4n) is 4.67. The Morgan fingerprint density at radius 1 is 1.06 bits per heavy atom. The van der Waals surface area contributed by atoms with E-state index in [2.05, 4.69) is 26.8 Å². The van der Waals surface area contributed by atoms with Gasteiger partial charge in [0.2, 0.25) is 5.91 Å². The minimum Gasteiger partial charge on any atom is -0.344 e. The number of carbonyl (C=O) groups excluding carboxylic acids is 1. The Morgan fingerprint density at radius 2 is 1.97 bits per heavy atom. The Morgan fingerprint density at radius 3 is 2.88 bits per heavy atom. The van der Waals surface area contributed by atoms with Gasteiger partial charge in [0.05, 0.1) is 0 Å². The number of nitrogens with one attached hydrogen (secondary N) is 2. The molecule has 0 spiro atoms. The maximum Gasteiger partial charge on any atom is 0.244 e. The third kappa shape index (κ3) is 3.52. The van der Waals surface area contributed by atoms with E-state index in [-0.39, 0.29) is 18.3 Å². The Bertz CT molecular complexity index is 1410. The van der Waals surface area contributed by atoms with Crippen LogP contribution < -0.4 is 10.6 Å². The van der Waals surface area contributed by atoms with E-state index in [9.17, 15) is 4.79 Å². The van der Waals surface area contributed by atoms with Crippen LogP contribution in [-0.2, 0) is 30.8 Å². The number of rotatable bonds is 3. The lowest BCUT2D eigenvalue weighted by molar-refractivity contribution is -0.130. The minimum atomic E-state index is -0.252. The van der Waals surface area contributed by atoms with Crippen molar-refractivity contribution >= 4 is 28.3 Å². The molecule has 0 unspecified atom stereocenters. The SMILES string of the molecule is CN1CCc2cc(Nc3cc4cc(-c5cccc6c5CNC6)c(F)cc4cn3)nn2CC1=O. The summed E-state index contributed by atoms with van der Waals surface area (Å²) in [6.07, 6.45) is 2.42. The first-order valence-corrected chi connectivity index (χ1v) is 11.0. The van der Waals surface area contributed by atoms with Crippen LogP contribution in [0.4, 0.5) is 16.0 Å². The molecule has 0 radical (unpaired) electrons. The number of nitrogens with zero attached hydrogens (tertiary/aromatic N) is 4. The molecule has 2 N–H and O–H groups in total. The van der Waals surface area contributed by atoms with Crippen molar-refractivity contribution in [3.05, 3.63) is 71.3 Å². The Kier molecular flexibility index (Phi) is 4.62. The lowest BCUT2D eigenvalue weighted by atomic mass is 9.95. The lowest BCUT2D eigenvalue weighted by Crippen LogP contribution is -2.29. The first kappa shape index (κ1) is 19.9. The predicted octanol–water partition coefficient (Wildman–Crippen LogP) is 3.60. The first-order valence-electron chi connectivity index (χ1n) is 11.0. The van der Waals surface area contributed by atoms with Crippen LogP contribution in [0.1, 0.15) is 16.8 Å². The molecule has 0 saturated heterocycles. The number of amides is 1. The van der Waals surface area contributed by atoms with Gasteiger partial charge in [-0.1, -0.05) is 18.2 Å². The summed E-state index contributed by atoms with van der Waals surface area (Å²) < 4.78 is 16.8. The third-order valence-corrected chi connectivity index (χ3v) is 6.52. The molecule has 2 aromatic carbocycles. The molecular weight excluding hydrogens is 419 g/mol. The molecule has 4 heterocycles. The second-order valence-corrected chi connectivity index (χ2v) is 8.66. The number of fused-ring (bicyclic) bond motifs is 3. The van der Waals surface area contributed by atoms with Gasteiger partial charge in [0.1, 0.15) is 18.2 Å². The van der Waals surface area contributed by atoms with Gasteiger partial charge in [-0.3, -0.25) is 9.48 Å². The average molecular weight is 442 g/mol. The average Bonchev–Trinajstić information content (AvgIpc) is 3.41. The zero-order valence-corrected chi connectivity index (χ0v) is 18.2. The van der Waals surface area contributed by atoms with E-state index < -0.39 is 0 Å². The summed E-state index contributed by atoms with van der Waals surface area (Å²) in [7, 11) is 1.81. The van der Waals surface area contributed by atoms with Crippen LogP contribution in [0, 0.1) is 5.82 Å². The fraction of sp³-hybridized carbons (Fsp3) is 0.240. The third-order valence-electron chi connectivity index (χ3n) is 6.52. The van der Waals surface area contributed by atoms with Crippen LogP contribution in [0.15, 0.2) is 48.7 Å². The number of likely N-dealkylation sites (N-methyl/N-ethyl adjacent to an activating group) is 1. The monoisotopic (exact) mass is 442 g/mol. The lowest BCUT2D eigenvalue weighted by Gasteiger charge is -2.12. The number of hydrogen-bond donors (Lipinski definition) is 2. The van der Waals surface area contributed by atoms with Crippen molar-refractivity contribution in [2.45, 2.75) is 26.1 Å². The number of benzene rings is 2. The highest BCUT2D eigenvalue weighted by atomic mass is 19.1. The van der Waals surface area contributed by atoms with Gasteiger partial charge in [-0.2, -0.15) is 5.10 Å². The van der Waals surface area contributed by atoms with E-state index in [0.29, 0.717) is 23.7 Å². The van der Waals surface area contributed by atoms with E-state index in [1.165, 1.54) is 5.56 Å². The van der Waals surface area contributed by atoms with E-state index in [0.717, 1.165) is 47.1 Å². The van der Waals surface area contributed by atoms with Crippen LogP contribution >= 0.6 is 0 Å². The highest BCUT2D eigenvalue weighted by Gasteiger charge is 2.20. The molecule has 0 bridgehead atoms. The van der Waals surface area contributed by atoms with Crippen LogP contribution in [0.25, 0.3) is 21.9 Å². The molecule has 0 aliphatic carbocycles. The standard InChI is InChI=1S/C25H23FN6O/c1-31-6-5-18-10-24(30-32(18)14-25(31)33)29-23-9-16-7-20(22(26)8-17(16)12-28-23)19-4-2-3-15-11-27-13-21(15)19/h2-4,7-10,12,27H,5-6,11,13-14H2,1H3,(H,28,29,30). The molecule has 2 aliphatic rings. The van der Waals surface area contributed by atoms with Gasteiger partial charge < -0.3 is 15.5 Å². The topological polar surface area (TPSA) is 75.1 Å². The molecule has 166 valence electrons. The summed E-state index contributed by atoms with van der Waals surface area (Å²) >= 11 is 0. The molecule has 0 atom stereocenters. The summed E-state index contributed by atoms with van der Waals surface area (Å²) in [5, 5.41) is 12.8. The number of aromatic nitrogens is 3. The summed E-state index contributed by atoms with van der Waals surface area (Å²) in [5.74, 6) is 1.06. The zero-order valence-electron chi connectivity index (χ0n) is 18.2. The normalized spacial score (nSPS) is 15.5. The molecule has 6 rings (SSSR count). The van der Waals surface area contributed by atoms with Gasteiger partial charge in [-0.05, 0) is 40.3 Å². The van der Waals surface area contributed by atoms with E-state index in [4.69, 9.17) is 0 Å². The number of halogens is 1. The van der Waals surface area contributed by atoms with Gasteiger partial charge in [-0.15, -0.1) is 0 Å². The zero-order chi connectivity index (χ0) is 22.5. The highest BCUT2D eigenvalue weighted by Crippen LogP contribution is 2.34. The maximum atomic E-state index is 15.0. The largest absolute Gasteiger partial charge is 0.344 e. The Hall–Kier alpha value is -3.78. The van der Waals surface area contributed by atoms with Crippen molar-refractivity contribution in [2.75, 3.05) is 18.9 Å². The van der Waals surface area contributed by atoms with Gasteiger partial charge in [0.15, 0.2) is 5.82 Å². The maximum absolute atomic E-state index is 15.0. The van der Waals surface area contributed by atoms with Gasteiger partial charge in [-0.25, -0.2) is 9.37 Å². The molecule has 8 heteroatoms. The van der Waals surface area contributed by atoms with Crippen LogP contribution in [0.2, 0.25) is 0 Å². The molecule has 7 nitrogen and oxygen atoms in total. The Balaban J connectivity index is 1.34. The smallest absolute Gasteiger partial charge is 0.244 e. The van der Waals surface area contributed by atoms with E-state index in [1.807, 2.05) is 37.4 Å². The summed E-state index contributed by atoms with van der Waals surface area (Å²) in [4.78, 5) is 18.3. The van der Waals surface area contributed by atoms with Crippen molar-refractivity contribution < 1.29 is 9.18 Å². The van der Waals surface area contributed by atoms with E-state index >= 15 is 4.39 Å². The second-order valence-electron chi connectivity index (χ2n) is 8.66. The molecule has 33 heavy (non-hydrogen) atoms. The summed E-state index contributed by atoms with van der Waals surface area (Å²) in [5.41, 5.74) is 4.90. The molecular formula is C25H23FN6O. The molecule has 0 saturated carbocycles. The molecule has 0 fully saturated rings. The summed E-state index contributed by atoms with van der Waals surface area (Å²) in [6, 6.07) is 13.3. The molecule has 1 amide bonds. The number of anilines is 2. The molecule has 4 aromatic rings. The van der Waals surface area contributed by atoms with Gasteiger partial charge in [0, 0.05) is 62.0 Å². The number of hydrogen-bond acceptors (Lipinski definition) is 5. The minimum absolute atomic E-state index is 0.0457. The highest BCUT2D eigenvalue weighted by molar-refractivity contribution is 5.89. The van der Waals surface area contributed by atoms with Crippen molar-refractivity contribution in [1.82, 2.24) is 25.0 Å². The predicted molar refractivity (Wildman–Crippen MR) is 125 cm³/mol. The van der Waals surface area contributed by atoms with Crippen molar-refractivity contribution in [2.24, 2.45) is 0 Å². The van der Waals surface area contributed by atoms with Crippen LogP contribution in [0.5, 0.6) is 0 Å². The fourth-order valence-corrected chi connectivity index (χ4v) is 4.67. The van der Waals surface area contributed by atoms with Crippen LogP contribution in [0.3, 0.4) is 0 Å². The quantitative estimate of drug-likeness (QED) is 0.507. The van der Waals surface area contributed by atoms with Crippen molar-refractivity contribution in [3.8, 4) is 11.1 Å². The van der Waals surface area contributed by atoms with E-state index in [1.54, 1.807) is 21.8 Å². The number of carbonyl (C=O) groups is 1. The Labute approximate surface area is 190 Å². The van der Waals surface area contributed by atoms with Crippen molar-refractivity contribution in [3.63, 3.8) is 0 Å².